The summed E-state index contributed by atoms with van der Waals surface area (Å²) in [5, 5.41) is 18.1. The Kier molecular flexibility index (Phi) is 6.78. The number of aromatic nitrogens is 2. The van der Waals surface area contributed by atoms with E-state index in [-0.39, 0.29) is 28.4 Å². The number of nitrogens with zero attached hydrogens (tertiary/aromatic N) is 3. The molecule has 3 rings (SSSR count). The van der Waals surface area contributed by atoms with Crippen molar-refractivity contribution >= 4 is 34.0 Å². The Labute approximate surface area is 181 Å². The molecule has 1 heterocycles. The van der Waals surface area contributed by atoms with E-state index in [2.05, 4.69) is 10.4 Å². The van der Waals surface area contributed by atoms with Crippen molar-refractivity contribution in [2.24, 2.45) is 0 Å². The second kappa shape index (κ2) is 9.69. The van der Waals surface area contributed by atoms with E-state index in [1.54, 1.807) is 24.3 Å². The van der Waals surface area contributed by atoms with Gasteiger partial charge in [-0.05, 0) is 18.6 Å². The third-order valence-electron chi connectivity index (χ3n) is 4.50. The van der Waals surface area contributed by atoms with Gasteiger partial charge in [0.25, 0.3) is 17.2 Å². The van der Waals surface area contributed by atoms with Gasteiger partial charge in [-0.15, -0.1) is 0 Å². The van der Waals surface area contributed by atoms with Gasteiger partial charge in [0.15, 0.2) is 12.3 Å². The van der Waals surface area contributed by atoms with Crippen LogP contribution in [0.4, 0.5) is 11.4 Å². The number of fused-ring (bicyclic) bond motifs is 1. The molecule has 0 unspecified atom stereocenters. The quantitative estimate of drug-likeness (QED) is 0.320. The normalized spacial score (nSPS) is 10.6. The molecule has 0 radical (unpaired) electrons. The molecule has 0 bridgehead atoms. The number of aryl methyl sites for hydroxylation is 1. The highest BCUT2D eigenvalue weighted by molar-refractivity contribution is 6.03. The predicted octanol–water partition coefficient (Wildman–Crippen LogP) is 2.52. The maximum absolute atomic E-state index is 12.6. The summed E-state index contributed by atoms with van der Waals surface area (Å²) in [6.07, 6.45) is 0.638. The SMILES string of the molecule is CCCn1nc(C(=O)OCC(=O)Nc2ccc([N+](=O)[O-])cc2OC)c2ccccc2c1=O. The molecule has 166 valence electrons. The molecule has 1 aromatic heterocycles. The van der Waals surface area contributed by atoms with E-state index in [9.17, 15) is 24.5 Å². The molecule has 3 aromatic rings. The number of nitro groups is 1. The van der Waals surface area contributed by atoms with Gasteiger partial charge in [0, 0.05) is 18.0 Å². The van der Waals surface area contributed by atoms with E-state index in [4.69, 9.17) is 9.47 Å². The van der Waals surface area contributed by atoms with E-state index in [0.717, 1.165) is 6.07 Å². The van der Waals surface area contributed by atoms with Crippen LogP contribution in [0.5, 0.6) is 5.75 Å². The van der Waals surface area contributed by atoms with Crippen molar-refractivity contribution in [2.75, 3.05) is 19.0 Å². The fourth-order valence-electron chi connectivity index (χ4n) is 3.03. The number of anilines is 1. The molecule has 1 amide bonds. The van der Waals surface area contributed by atoms with Gasteiger partial charge in [0.2, 0.25) is 0 Å². The lowest BCUT2D eigenvalue weighted by molar-refractivity contribution is -0.384. The Bertz CT molecular complexity index is 1250. The maximum Gasteiger partial charge on any atom is 0.359 e. The van der Waals surface area contributed by atoms with E-state index in [0.29, 0.717) is 23.7 Å². The van der Waals surface area contributed by atoms with Crippen molar-refractivity contribution in [3.63, 3.8) is 0 Å². The first-order valence-electron chi connectivity index (χ1n) is 9.65. The third-order valence-corrected chi connectivity index (χ3v) is 4.50. The van der Waals surface area contributed by atoms with Crippen LogP contribution in [0, 0.1) is 10.1 Å². The van der Waals surface area contributed by atoms with Crippen LogP contribution >= 0.6 is 0 Å². The second-order valence-electron chi connectivity index (χ2n) is 6.69. The molecular weight excluding hydrogens is 420 g/mol. The number of hydrogen-bond donors (Lipinski definition) is 1. The molecule has 0 saturated carbocycles. The van der Waals surface area contributed by atoms with Crippen molar-refractivity contribution in [3.05, 3.63) is 68.6 Å². The summed E-state index contributed by atoms with van der Waals surface area (Å²) in [7, 11) is 1.30. The lowest BCUT2D eigenvalue weighted by Gasteiger charge is -2.11. The van der Waals surface area contributed by atoms with Gasteiger partial charge >= 0.3 is 5.97 Å². The van der Waals surface area contributed by atoms with Crippen molar-refractivity contribution < 1.29 is 24.0 Å². The van der Waals surface area contributed by atoms with Crippen LogP contribution in [0.15, 0.2) is 47.3 Å². The van der Waals surface area contributed by atoms with Crippen LogP contribution in [-0.2, 0) is 16.1 Å². The summed E-state index contributed by atoms with van der Waals surface area (Å²) < 4.78 is 11.4. The number of carbonyl (C=O) groups is 2. The van der Waals surface area contributed by atoms with Crippen LogP contribution in [0.3, 0.4) is 0 Å². The number of nitrogens with one attached hydrogen (secondary N) is 1. The first-order chi connectivity index (χ1) is 15.3. The number of benzene rings is 2. The fourth-order valence-corrected chi connectivity index (χ4v) is 3.03. The fraction of sp³-hybridized carbons (Fsp3) is 0.238. The van der Waals surface area contributed by atoms with Crippen LogP contribution in [0.1, 0.15) is 23.8 Å². The number of esters is 1. The van der Waals surface area contributed by atoms with E-state index in [1.807, 2.05) is 6.92 Å². The summed E-state index contributed by atoms with van der Waals surface area (Å²) in [6.45, 7) is 1.56. The van der Waals surface area contributed by atoms with Gasteiger partial charge in [-0.25, -0.2) is 9.48 Å². The van der Waals surface area contributed by atoms with Crippen LogP contribution in [0.2, 0.25) is 0 Å². The van der Waals surface area contributed by atoms with E-state index >= 15 is 0 Å². The Hall–Kier alpha value is -4.28. The number of hydrogen-bond acceptors (Lipinski definition) is 8. The Morgan fingerprint density at radius 3 is 2.56 bits per heavy atom. The van der Waals surface area contributed by atoms with Crippen LogP contribution < -0.4 is 15.6 Å². The monoisotopic (exact) mass is 440 g/mol. The van der Waals surface area contributed by atoms with E-state index < -0.39 is 23.4 Å². The summed E-state index contributed by atoms with van der Waals surface area (Å²) >= 11 is 0. The van der Waals surface area contributed by atoms with Gasteiger partial charge in [0.1, 0.15) is 5.75 Å². The van der Waals surface area contributed by atoms with Crippen LogP contribution in [0.25, 0.3) is 10.8 Å². The molecule has 0 saturated heterocycles. The summed E-state index contributed by atoms with van der Waals surface area (Å²) in [4.78, 5) is 47.7. The Morgan fingerprint density at radius 1 is 1.19 bits per heavy atom. The number of carbonyl (C=O) groups excluding carboxylic acids is 2. The topological polar surface area (TPSA) is 143 Å². The summed E-state index contributed by atoms with van der Waals surface area (Å²) in [5.41, 5.74) is -0.415. The van der Waals surface area contributed by atoms with E-state index in [1.165, 1.54) is 23.9 Å². The zero-order chi connectivity index (χ0) is 23.3. The maximum atomic E-state index is 12.6. The largest absolute Gasteiger partial charge is 0.494 e. The minimum absolute atomic E-state index is 0.0747. The minimum Gasteiger partial charge on any atom is -0.494 e. The molecule has 0 aliphatic heterocycles. The smallest absolute Gasteiger partial charge is 0.359 e. The van der Waals surface area contributed by atoms with Crippen molar-refractivity contribution in [1.29, 1.82) is 0 Å². The van der Waals surface area contributed by atoms with Gasteiger partial charge in [-0.2, -0.15) is 5.10 Å². The zero-order valence-corrected chi connectivity index (χ0v) is 17.4. The number of rotatable bonds is 8. The highest BCUT2D eigenvalue weighted by Gasteiger charge is 2.20. The lowest BCUT2D eigenvalue weighted by Crippen LogP contribution is -2.27. The van der Waals surface area contributed by atoms with Crippen molar-refractivity contribution in [1.82, 2.24) is 9.78 Å². The molecule has 0 fully saturated rings. The average Bonchev–Trinajstić information content (AvgIpc) is 2.79. The molecule has 32 heavy (non-hydrogen) atoms. The Balaban J connectivity index is 1.77. The minimum atomic E-state index is -0.864. The third kappa shape index (κ3) is 4.72. The summed E-state index contributed by atoms with van der Waals surface area (Å²) in [5.74, 6) is -1.47. The van der Waals surface area contributed by atoms with Gasteiger partial charge in [0.05, 0.1) is 29.2 Å². The number of ether oxygens (including phenoxy) is 2. The number of methoxy groups -OCH3 is 1. The van der Waals surface area contributed by atoms with Gasteiger partial charge in [-0.3, -0.25) is 19.7 Å². The number of nitro benzene ring substituents is 1. The molecule has 0 spiro atoms. The van der Waals surface area contributed by atoms with Crippen molar-refractivity contribution in [3.8, 4) is 5.75 Å². The lowest BCUT2D eigenvalue weighted by atomic mass is 10.1. The zero-order valence-electron chi connectivity index (χ0n) is 17.4. The first kappa shape index (κ1) is 22.4. The molecule has 11 nitrogen and oxygen atoms in total. The molecule has 0 aliphatic carbocycles. The van der Waals surface area contributed by atoms with Gasteiger partial charge in [-0.1, -0.05) is 25.1 Å². The first-order valence-corrected chi connectivity index (χ1v) is 9.65. The molecule has 1 N–H and O–H groups in total. The highest BCUT2D eigenvalue weighted by Crippen LogP contribution is 2.28. The molecule has 0 aliphatic rings. The van der Waals surface area contributed by atoms with Crippen molar-refractivity contribution in [2.45, 2.75) is 19.9 Å². The molecular formula is C21H20N4O7. The molecule has 0 atom stereocenters. The van der Waals surface area contributed by atoms with Crippen LogP contribution in [-0.4, -0.2) is 40.3 Å². The number of amides is 1. The highest BCUT2D eigenvalue weighted by atomic mass is 16.6. The number of non-ortho nitro benzene ring substituents is 1. The van der Waals surface area contributed by atoms with Gasteiger partial charge < -0.3 is 14.8 Å². The predicted molar refractivity (Wildman–Crippen MR) is 115 cm³/mol. The molecule has 2 aromatic carbocycles. The summed E-state index contributed by atoms with van der Waals surface area (Å²) in [6, 6.07) is 10.2. The average molecular weight is 440 g/mol. The standard InChI is InChI=1S/C21H20N4O7/c1-3-10-24-20(27)15-7-5-4-6-14(15)19(23-24)21(28)32-12-18(26)22-16-9-8-13(25(29)30)11-17(16)31-2/h4-9,11H,3,10,12H2,1-2H3,(H,22,26). The molecule has 11 heteroatoms. The Morgan fingerprint density at radius 2 is 1.91 bits per heavy atom. The second-order valence-corrected chi connectivity index (χ2v) is 6.69.